The summed E-state index contributed by atoms with van der Waals surface area (Å²) in [6, 6.07) is 5.69. The van der Waals surface area contributed by atoms with Crippen molar-refractivity contribution in [2.75, 3.05) is 6.54 Å². The number of hydrogen-bond acceptors (Lipinski definition) is 2. The SMILES string of the molecule is Cl.NC1(CNC(=O)c2cccc(F)c2)CCCCC1. The molecule has 5 heteroatoms. The van der Waals surface area contributed by atoms with Crippen LogP contribution in [-0.4, -0.2) is 18.0 Å². The number of hydrogen-bond donors (Lipinski definition) is 2. The van der Waals surface area contributed by atoms with E-state index in [1.165, 1.54) is 24.6 Å². The number of carbonyl (C=O) groups is 1. The van der Waals surface area contributed by atoms with Crippen molar-refractivity contribution in [1.29, 1.82) is 0 Å². The average Bonchev–Trinajstić information content (AvgIpc) is 2.37. The van der Waals surface area contributed by atoms with Gasteiger partial charge in [0.1, 0.15) is 5.82 Å². The quantitative estimate of drug-likeness (QED) is 0.897. The maximum Gasteiger partial charge on any atom is 0.251 e. The molecule has 1 aromatic rings. The molecule has 0 aromatic heterocycles. The topological polar surface area (TPSA) is 55.1 Å². The summed E-state index contributed by atoms with van der Waals surface area (Å²) in [7, 11) is 0. The van der Waals surface area contributed by atoms with Crippen LogP contribution < -0.4 is 11.1 Å². The Morgan fingerprint density at radius 3 is 2.63 bits per heavy atom. The average molecular weight is 287 g/mol. The third-order valence-corrected chi connectivity index (χ3v) is 3.54. The van der Waals surface area contributed by atoms with Crippen molar-refractivity contribution < 1.29 is 9.18 Å². The van der Waals surface area contributed by atoms with Gasteiger partial charge in [-0.25, -0.2) is 4.39 Å². The maximum absolute atomic E-state index is 13.0. The molecule has 0 saturated heterocycles. The van der Waals surface area contributed by atoms with Gasteiger partial charge in [-0.3, -0.25) is 4.79 Å². The Morgan fingerprint density at radius 1 is 1.32 bits per heavy atom. The van der Waals surface area contributed by atoms with Gasteiger partial charge in [0.15, 0.2) is 0 Å². The molecule has 1 amide bonds. The molecule has 1 fully saturated rings. The van der Waals surface area contributed by atoms with E-state index in [1.54, 1.807) is 6.07 Å². The van der Waals surface area contributed by atoms with Crippen LogP contribution in [0, 0.1) is 5.82 Å². The number of amides is 1. The van der Waals surface area contributed by atoms with Gasteiger partial charge in [0, 0.05) is 17.6 Å². The van der Waals surface area contributed by atoms with Crippen molar-refractivity contribution in [1.82, 2.24) is 5.32 Å². The second kappa shape index (κ2) is 6.87. The summed E-state index contributed by atoms with van der Waals surface area (Å²) in [5.74, 6) is -0.660. The molecule has 0 atom stereocenters. The third-order valence-electron chi connectivity index (χ3n) is 3.54. The second-order valence-corrected chi connectivity index (χ2v) is 5.12. The fourth-order valence-electron chi connectivity index (χ4n) is 2.42. The van der Waals surface area contributed by atoms with E-state index in [0.717, 1.165) is 25.7 Å². The Kier molecular flexibility index (Phi) is 5.76. The van der Waals surface area contributed by atoms with Crippen LogP contribution in [-0.2, 0) is 0 Å². The van der Waals surface area contributed by atoms with E-state index >= 15 is 0 Å². The minimum Gasteiger partial charge on any atom is -0.350 e. The summed E-state index contributed by atoms with van der Waals surface area (Å²) in [5.41, 5.74) is 6.28. The first-order valence-corrected chi connectivity index (χ1v) is 6.42. The Bertz CT molecular complexity index is 433. The highest BCUT2D eigenvalue weighted by molar-refractivity contribution is 5.94. The van der Waals surface area contributed by atoms with Crippen molar-refractivity contribution in [3.05, 3.63) is 35.6 Å². The van der Waals surface area contributed by atoms with Crippen LogP contribution in [0.3, 0.4) is 0 Å². The predicted octanol–water partition coefficient (Wildman–Crippen LogP) is 2.64. The first kappa shape index (κ1) is 15.9. The van der Waals surface area contributed by atoms with Gasteiger partial charge in [0.25, 0.3) is 5.91 Å². The lowest BCUT2D eigenvalue weighted by molar-refractivity contribution is 0.0937. The van der Waals surface area contributed by atoms with E-state index < -0.39 is 5.82 Å². The van der Waals surface area contributed by atoms with E-state index in [4.69, 9.17) is 5.73 Å². The molecule has 1 aliphatic carbocycles. The summed E-state index contributed by atoms with van der Waals surface area (Å²) in [6.07, 6.45) is 5.34. The van der Waals surface area contributed by atoms with Crippen LogP contribution in [0.5, 0.6) is 0 Å². The van der Waals surface area contributed by atoms with Crippen molar-refractivity contribution in [2.45, 2.75) is 37.6 Å². The van der Waals surface area contributed by atoms with Gasteiger partial charge in [-0.2, -0.15) is 0 Å². The molecule has 19 heavy (non-hydrogen) atoms. The Balaban J connectivity index is 0.00000180. The van der Waals surface area contributed by atoms with E-state index in [2.05, 4.69) is 5.32 Å². The van der Waals surface area contributed by atoms with Crippen molar-refractivity contribution in [2.24, 2.45) is 5.73 Å². The number of rotatable bonds is 3. The molecule has 1 saturated carbocycles. The van der Waals surface area contributed by atoms with Crippen LogP contribution in [0.4, 0.5) is 4.39 Å². The van der Waals surface area contributed by atoms with E-state index in [1.807, 2.05) is 0 Å². The normalized spacial score (nSPS) is 17.4. The summed E-state index contributed by atoms with van der Waals surface area (Å²) in [5, 5.41) is 2.81. The minimum absolute atomic E-state index is 0. The largest absolute Gasteiger partial charge is 0.350 e. The molecule has 1 aliphatic rings. The summed E-state index contributed by atoms with van der Waals surface area (Å²) < 4.78 is 13.0. The summed E-state index contributed by atoms with van der Waals surface area (Å²) >= 11 is 0. The van der Waals surface area contributed by atoms with Crippen LogP contribution in [0.25, 0.3) is 0 Å². The Morgan fingerprint density at radius 2 is 2.00 bits per heavy atom. The van der Waals surface area contributed by atoms with Gasteiger partial charge in [0.05, 0.1) is 0 Å². The van der Waals surface area contributed by atoms with Crippen LogP contribution in [0.1, 0.15) is 42.5 Å². The van der Waals surface area contributed by atoms with Gasteiger partial charge in [-0.1, -0.05) is 25.3 Å². The van der Waals surface area contributed by atoms with Gasteiger partial charge in [-0.05, 0) is 31.0 Å². The van der Waals surface area contributed by atoms with Crippen LogP contribution in [0.2, 0.25) is 0 Å². The molecule has 3 nitrogen and oxygen atoms in total. The highest BCUT2D eigenvalue weighted by Gasteiger charge is 2.27. The monoisotopic (exact) mass is 286 g/mol. The Hall–Kier alpha value is -1.13. The Labute approximate surface area is 119 Å². The van der Waals surface area contributed by atoms with E-state index in [9.17, 15) is 9.18 Å². The van der Waals surface area contributed by atoms with Gasteiger partial charge < -0.3 is 11.1 Å². The van der Waals surface area contributed by atoms with Crippen LogP contribution >= 0.6 is 12.4 Å². The number of nitrogens with one attached hydrogen (secondary N) is 1. The minimum atomic E-state index is -0.400. The van der Waals surface area contributed by atoms with Crippen molar-refractivity contribution in [3.8, 4) is 0 Å². The molecule has 3 N–H and O–H groups in total. The zero-order chi connectivity index (χ0) is 13.0. The molecule has 0 bridgehead atoms. The van der Waals surface area contributed by atoms with Crippen LogP contribution in [0.15, 0.2) is 24.3 Å². The zero-order valence-electron chi connectivity index (χ0n) is 10.8. The summed E-state index contributed by atoms with van der Waals surface area (Å²) in [4.78, 5) is 11.8. The fraction of sp³-hybridized carbons (Fsp3) is 0.500. The lowest BCUT2D eigenvalue weighted by Crippen LogP contribution is -2.51. The molecule has 106 valence electrons. The van der Waals surface area contributed by atoms with Crippen molar-refractivity contribution in [3.63, 3.8) is 0 Å². The lowest BCUT2D eigenvalue weighted by atomic mass is 9.82. The van der Waals surface area contributed by atoms with Gasteiger partial charge in [-0.15, -0.1) is 12.4 Å². The molecular weight excluding hydrogens is 267 g/mol. The predicted molar refractivity (Wildman–Crippen MR) is 76.0 cm³/mol. The first-order valence-electron chi connectivity index (χ1n) is 6.42. The smallest absolute Gasteiger partial charge is 0.251 e. The molecular formula is C14H20ClFN2O. The zero-order valence-corrected chi connectivity index (χ0v) is 11.6. The van der Waals surface area contributed by atoms with Gasteiger partial charge >= 0.3 is 0 Å². The number of carbonyl (C=O) groups excluding carboxylic acids is 1. The second-order valence-electron chi connectivity index (χ2n) is 5.12. The lowest BCUT2D eigenvalue weighted by Gasteiger charge is -2.33. The van der Waals surface area contributed by atoms with Gasteiger partial charge in [0.2, 0.25) is 0 Å². The summed E-state index contributed by atoms with van der Waals surface area (Å²) in [6.45, 7) is 0.461. The third kappa shape index (κ3) is 4.48. The standard InChI is InChI=1S/C14H19FN2O.ClH/c15-12-6-4-5-11(9-12)13(18)17-10-14(16)7-2-1-3-8-14;/h4-6,9H,1-3,7-8,10,16H2,(H,17,18);1H. The van der Waals surface area contributed by atoms with Crippen molar-refractivity contribution >= 4 is 18.3 Å². The highest BCUT2D eigenvalue weighted by atomic mass is 35.5. The molecule has 0 heterocycles. The molecule has 0 spiro atoms. The van der Waals surface area contributed by atoms with E-state index in [0.29, 0.717) is 12.1 Å². The number of halogens is 2. The highest BCUT2D eigenvalue weighted by Crippen LogP contribution is 2.25. The number of benzene rings is 1. The molecule has 1 aromatic carbocycles. The first-order chi connectivity index (χ1) is 8.59. The molecule has 0 unspecified atom stereocenters. The molecule has 0 aliphatic heterocycles. The number of nitrogens with two attached hydrogens (primary N) is 1. The van der Waals surface area contributed by atoms with E-state index in [-0.39, 0.29) is 23.9 Å². The maximum atomic E-state index is 13.0. The molecule has 2 rings (SSSR count). The molecule has 0 radical (unpaired) electrons. The fourth-order valence-corrected chi connectivity index (χ4v) is 2.42.